The zero-order valence-electron chi connectivity index (χ0n) is 20.1. The van der Waals surface area contributed by atoms with Gasteiger partial charge < -0.3 is 15.1 Å². The molecule has 0 unspecified atom stereocenters. The van der Waals surface area contributed by atoms with Crippen LogP contribution in [-0.4, -0.2) is 34.8 Å². The summed E-state index contributed by atoms with van der Waals surface area (Å²) >= 11 is 0. The van der Waals surface area contributed by atoms with Crippen LogP contribution in [0.3, 0.4) is 0 Å². The standard InChI is InChI=1S/C29H23F4N3O2/c1-2-21-8-3-6-11-25(21)34-28(38)35-17-7-12-26(23-9-4-5-10-24(23)29(31,32)33)36(27(37)19-35)18-20-13-15-22(30)16-14-20/h1,3-16,26H,17-19H2,(H,34,38)/b12-7-/t26-/m1/s1. The van der Waals surface area contributed by atoms with E-state index in [1.807, 2.05) is 0 Å². The molecule has 0 aliphatic carbocycles. The van der Waals surface area contributed by atoms with Gasteiger partial charge in [-0.1, -0.05) is 60.5 Å². The highest BCUT2D eigenvalue weighted by molar-refractivity contribution is 5.94. The normalized spacial score (nSPS) is 16.8. The first-order chi connectivity index (χ1) is 18.2. The number of carbonyl (C=O) groups excluding carboxylic acids is 2. The molecule has 0 aromatic heterocycles. The van der Waals surface area contributed by atoms with E-state index in [2.05, 4.69) is 11.2 Å². The van der Waals surface area contributed by atoms with Crippen molar-refractivity contribution in [3.63, 3.8) is 0 Å². The Kier molecular flexibility index (Phi) is 7.82. The number of halogens is 4. The predicted octanol–water partition coefficient (Wildman–Crippen LogP) is 6.00. The molecule has 5 nitrogen and oxygen atoms in total. The van der Waals surface area contributed by atoms with Crippen LogP contribution in [0.4, 0.5) is 28.0 Å². The number of rotatable bonds is 4. The minimum absolute atomic E-state index is 0.0229. The number of urea groups is 1. The maximum atomic E-state index is 13.9. The molecule has 1 heterocycles. The van der Waals surface area contributed by atoms with Crippen LogP contribution >= 0.6 is 0 Å². The minimum atomic E-state index is -4.65. The molecule has 38 heavy (non-hydrogen) atoms. The Morgan fingerprint density at radius 3 is 2.42 bits per heavy atom. The van der Waals surface area contributed by atoms with E-state index in [9.17, 15) is 27.2 Å². The second kappa shape index (κ2) is 11.2. The first-order valence-electron chi connectivity index (χ1n) is 11.7. The van der Waals surface area contributed by atoms with Crippen molar-refractivity contribution >= 4 is 17.6 Å². The van der Waals surface area contributed by atoms with Crippen LogP contribution in [0.1, 0.15) is 28.3 Å². The Balaban J connectivity index is 1.69. The van der Waals surface area contributed by atoms with Crippen LogP contribution in [0.2, 0.25) is 0 Å². The second-order valence-corrected chi connectivity index (χ2v) is 8.61. The molecule has 9 heteroatoms. The fourth-order valence-corrected chi connectivity index (χ4v) is 4.22. The van der Waals surface area contributed by atoms with E-state index in [-0.39, 0.29) is 18.7 Å². The molecule has 194 valence electrons. The van der Waals surface area contributed by atoms with Crippen LogP contribution in [0.15, 0.2) is 84.9 Å². The SMILES string of the molecule is C#Cc1ccccc1NC(=O)N1C/C=C\[C@H](c2ccccc2C(F)(F)F)N(Cc2ccc(F)cc2)C(=O)C1. The molecule has 3 amide bonds. The molecule has 0 bridgehead atoms. The van der Waals surface area contributed by atoms with Gasteiger partial charge in [0.05, 0.1) is 17.3 Å². The number of carbonyl (C=O) groups is 2. The molecule has 0 saturated heterocycles. The molecule has 4 rings (SSSR count). The molecule has 0 saturated carbocycles. The van der Waals surface area contributed by atoms with Gasteiger partial charge in [-0.05, 0) is 41.5 Å². The Labute approximate surface area is 217 Å². The first-order valence-corrected chi connectivity index (χ1v) is 11.7. The van der Waals surface area contributed by atoms with E-state index in [0.717, 1.165) is 6.07 Å². The second-order valence-electron chi connectivity index (χ2n) is 8.61. The molecule has 3 aromatic carbocycles. The number of nitrogens with one attached hydrogen (secondary N) is 1. The Morgan fingerprint density at radius 2 is 1.71 bits per heavy atom. The van der Waals surface area contributed by atoms with E-state index >= 15 is 0 Å². The van der Waals surface area contributed by atoms with Crippen LogP contribution in [0, 0.1) is 18.2 Å². The smallest absolute Gasteiger partial charge is 0.326 e. The molecular weight excluding hydrogens is 498 g/mol. The number of anilines is 1. The average molecular weight is 522 g/mol. The lowest BCUT2D eigenvalue weighted by molar-refractivity contribution is -0.141. The Hall–Kier alpha value is -4.58. The lowest BCUT2D eigenvalue weighted by atomic mass is 9.96. The summed E-state index contributed by atoms with van der Waals surface area (Å²) in [4.78, 5) is 29.1. The van der Waals surface area contributed by atoms with Crippen molar-refractivity contribution in [2.75, 3.05) is 18.4 Å². The summed E-state index contributed by atoms with van der Waals surface area (Å²) in [5, 5.41) is 2.69. The van der Waals surface area contributed by atoms with Crippen LogP contribution in [-0.2, 0) is 17.5 Å². The van der Waals surface area contributed by atoms with Gasteiger partial charge in [0.15, 0.2) is 0 Å². The van der Waals surface area contributed by atoms with E-state index in [4.69, 9.17) is 6.42 Å². The van der Waals surface area contributed by atoms with Crippen molar-refractivity contribution in [3.05, 3.63) is 113 Å². The summed E-state index contributed by atoms with van der Waals surface area (Å²) in [6.45, 7) is -0.527. The maximum Gasteiger partial charge on any atom is 0.416 e. The number of amides is 3. The fraction of sp³-hybridized carbons (Fsp3) is 0.172. The number of benzene rings is 3. The molecule has 0 spiro atoms. The molecule has 1 aliphatic heterocycles. The fourth-order valence-electron chi connectivity index (χ4n) is 4.22. The quantitative estimate of drug-likeness (QED) is 0.260. The lowest BCUT2D eigenvalue weighted by Gasteiger charge is -2.35. The summed E-state index contributed by atoms with van der Waals surface area (Å²) in [5.41, 5.74) is 0.387. The topological polar surface area (TPSA) is 52.7 Å². The number of nitrogens with zero attached hydrogens (tertiary/aromatic N) is 2. The number of hydrogen-bond donors (Lipinski definition) is 1. The van der Waals surface area contributed by atoms with Crippen molar-refractivity contribution in [2.24, 2.45) is 0 Å². The van der Waals surface area contributed by atoms with Gasteiger partial charge in [0.25, 0.3) is 0 Å². The molecule has 1 aliphatic rings. The van der Waals surface area contributed by atoms with E-state index < -0.39 is 42.1 Å². The highest BCUT2D eigenvalue weighted by Crippen LogP contribution is 2.37. The van der Waals surface area contributed by atoms with Gasteiger partial charge in [-0.2, -0.15) is 13.2 Å². The van der Waals surface area contributed by atoms with Gasteiger partial charge in [-0.15, -0.1) is 6.42 Å². The van der Waals surface area contributed by atoms with Crippen molar-refractivity contribution in [1.29, 1.82) is 0 Å². The molecule has 1 atom stereocenters. The molecular formula is C29H23F4N3O2. The molecule has 1 N–H and O–H groups in total. The summed E-state index contributed by atoms with van der Waals surface area (Å²) < 4.78 is 55.1. The van der Waals surface area contributed by atoms with Gasteiger partial charge >= 0.3 is 12.2 Å². The summed E-state index contributed by atoms with van der Waals surface area (Å²) in [6.07, 6.45) is 3.87. The van der Waals surface area contributed by atoms with E-state index in [1.54, 1.807) is 30.3 Å². The number of para-hydroxylation sites is 1. The van der Waals surface area contributed by atoms with Crippen LogP contribution in [0.5, 0.6) is 0 Å². The maximum absolute atomic E-state index is 13.9. The third-order valence-corrected chi connectivity index (χ3v) is 6.09. The Morgan fingerprint density at radius 1 is 1.03 bits per heavy atom. The number of hydrogen-bond acceptors (Lipinski definition) is 2. The van der Waals surface area contributed by atoms with Crippen molar-refractivity contribution < 1.29 is 27.2 Å². The van der Waals surface area contributed by atoms with Gasteiger partial charge in [-0.3, -0.25) is 4.79 Å². The van der Waals surface area contributed by atoms with Crippen molar-refractivity contribution in [2.45, 2.75) is 18.8 Å². The summed E-state index contributed by atoms with van der Waals surface area (Å²) in [5.74, 6) is 1.41. The molecule has 0 radical (unpaired) electrons. The summed E-state index contributed by atoms with van der Waals surface area (Å²) in [6, 6.07) is 15.4. The zero-order chi connectivity index (χ0) is 27.3. The average Bonchev–Trinajstić information content (AvgIpc) is 2.89. The largest absolute Gasteiger partial charge is 0.416 e. The van der Waals surface area contributed by atoms with Crippen molar-refractivity contribution in [1.82, 2.24) is 9.80 Å². The van der Waals surface area contributed by atoms with Gasteiger partial charge in [-0.25, -0.2) is 9.18 Å². The minimum Gasteiger partial charge on any atom is -0.326 e. The lowest BCUT2D eigenvalue weighted by Crippen LogP contribution is -2.46. The number of terminal acetylenes is 1. The first kappa shape index (κ1) is 26.5. The van der Waals surface area contributed by atoms with Crippen molar-refractivity contribution in [3.8, 4) is 12.3 Å². The third kappa shape index (κ3) is 6.03. The summed E-state index contributed by atoms with van der Waals surface area (Å²) in [7, 11) is 0. The monoisotopic (exact) mass is 521 g/mol. The zero-order valence-corrected chi connectivity index (χ0v) is 20.1. The predicted molar refractivity (Wildman–Crippen MR) is 135 cm³/mol. The number of alkyl halides is 3. The van der Waals surface area contributed by atoms with Gasteiger partial charge in [0.2, 0.25) is 5.91 Å². The molecule has 0 fully saturated rings. The van der Waals surface area contributed by atoms with Crippen LogP contribution < -0.4 is 5.32 Å². The van der Waals surface area contributed by atoms with Crippen LogP contribution in [0.25, 0.3) is 0 Å². The van der Waals surface area contributed by atoms with Gasteiger partial charge in [0, 0.05) is 18.7 Å². The highest BCUT2D eigenvalue weighted by atomic mass is 19.4. The van der Waals surface area contributed by atoms with E-state index in [0.29, 0.717) is 16.8 Å². The van der Waals surface area contributed by atoms with E-state index in [1.165, 1.54) is 58.3 Å². The molecule has 3 aromatic rings. The third-order valence-electron chi connectivity index (χ3n) is 6.09. The highest BCUT2D eigenvalue weighted by Gasteiger charge is 2.37. The van der Waals surface area contributed by atoms with Gasteiger partial charge in [0.1, 0.15) is 12.4 Å². The Bertz CT molecular complexity index is 1390.